The fourth-order valence-electron chi connectivity index (χ4n) is 5.26. The van der Waals surface area contributed by atoms with Gasteiger partial charge in [0.2, 0.25) is 5.91 Å². The normalized spacial score (nSPS) is 23.3. The van der Waals surface area contributed by atoms with Crippen LogP contribution >= 0.6 is 0 Å². The molecule has 0 spiro atoms. The number of fused-ring (bicyclic) bond motifs is 1. The lowest BCUT2D eigenvalue weighted by Gasteiger charge is -2.47. The second-order valence-electron chi connectivity index (χ2n) is 9.05. The van der Waals surface area contributed by atoms with E-state index in [1.54, 1.807) is 19.1 Å². The molecule has 4 atom stereocenters. The Hall–Kier alpha value is -3.93. The van der Waals surface area contributed by atoms with Crippen LogP contribution in [0.4, 0.5) is 5.69 Å². The van der Waals surface area contributed by atoms with E-state index < -0.39 is 29.7 Å². The van der Waals surface area contributed by atoms with Gasteiger partial charge in [-0.05, 0) is 52.8 Å². The number of aryl methyl sites for hydroxylation is 1. The van der Waals surface area contributed by atoms with Crippen LogP contribution in [0.3, 0.4) is 0 Å². The maximum absolute atomic E-state index is 13.2. The van der Waals surface area contributed by atoms with E-state index in [1.165, 1.54) is 0 Å². The van der Waals surface area contributed by atoms with E-state index in [0.29, 0.717) is 12.2 Å². The number of hydrogen-bond acceptors (Lipinski definition) is 4. The molecule has 172 valence electrons. The number of nitrogens with one attached hydrogen (secondary N) is 1. The van der Waals surface area contributed by atoms with Crippen molar-refractivity contribution in [3.8, 4) is 16.9 Å². The molecule has 5 rings (SSSR count). The molecule has 0 bridgehead atoms. The zero-order valence-electron chi connectivity index (χ0n) is 18.7. The number of anilines is 1. The monoisotopic (exact) mass is 455 g/mol. The van der Waals surface area contributed by atoms with Gasteiger partial charge in [0.1, 0.15) is 5.75 Å². The number of ether oxygens (including phenoxy) is 1. The molecule has 2 N–H and O–H groups in total. The fraction of sp³-hybridized carbons (Fsp3) is 0.250. The van der Waals surface area contributed by atoms with Crippen molar-refractivity contribution in [1.29, 1.82) is 0 Å². The number of rotatable bonds is 5. The highest BCUT2D eigenvalue weighted by Crippen LogP contribution is 2.52. The van der Waals surface area contributed by atoms with Crippen molar-refractivity contribution >= 4 is 23.5 Å². The molecular formula is C28H25NO5. The van der Waals surface area contributed by atoms with E-state index in [4.69, 9.17) is 4.74 Å². The van der Waals surface area contributed by atoms with Gasteiger partial charge in [0, 0.05) is 18.0 Å². The molecule has 1 unspecified atom stereocenters. The van der Waals surface area contributed by atoms with E-state index in [0.717, 1.165) is 34.4 Å². The first-order valence-corrected chi connectivity index (χ1v) is 11.4. The topological polar surface area (TPSA) is 92.7 Å². The summed E-state index contributed by atoms with van der Waals surface area (Å²) >= 11 is 0. The first kappa shape index (κ1) is 21.9. The number of hydrogen-bond donors (Lipinski definition) is 2. The Bertz CT molecular complexity index is 1270. The number of carbonyl (C=O) groups excluding carboxylic acids is 2. The third-order valence-corrected chi connectivity index (χ3v) is 7.04. The summed E-state index contributed by atoms with van der Waals surface area (Å²) in [6.07, 6.45) is 1.21. The molecule has 0 aromatic heterocycles. The lowest BCUT2D eigenvalue weighted by Crippen LogP contribution is -2.52. The Kier molecular flexibility index (Phi) is 5.65. The minimum absolute atomic E-state index is 0.00887. The van der Waals surface area contributed by atoms with Crippen molar-refractivity contribution < 1.29 is 24.2 Å². The number of esters is 1. The SMILES string of the molecule is C[C@H]1C(C(=O)O)[C@H](c2ccccc2)[C@@H]1C(=O)Oc1cccc(-c2ccc3c(c2)NC(=O)CC3)c1. The van der Waals surface area contributed by atoms with Crippen molar-refractivity contribution in [2.75, 3.05) is 5.32 Å². The zero-order valence-corrected chi connectivity index (χ0v) is 18.7. The van der Waals surface area contributed by atoms with E-state index in [9.17, 15) is 19.5 Å². The van der Waals surface area contributed by atoms with Crippen molar-refractivity contribution in [2.45, 2.75) is 25.7 Å². The third kappa shape index (κ3) is 3.96. The average Bonchev–Trinajstić information content (AvgIpc) is 2.82. The summed E-state index contributed by atoms with van der Waals surface area (Å²) in [5.74, 6) is -2.82. The molecule has 3 aromatic rings. The Labute approximate surface area is 197 Å². The fourth-order valence-corrected chi connectivity index (χ4v) is 5.26. The molecule has 1 amide bonds. The van der Waals surface area contributed by atoms with Gasteiger partial charge in [-0.3, -0.25) is 14.4 Å². The predicted molar refractivity (Wildman–Crippen MR) is 127 cm³/mol. The molecule has 0 saturated heterocycles. The first-order valence-electron chi connectivity index (χ1n) is 11.4. The van der Waals surface area contributed by atoms with E-state index in [-0.39, 0.29) is 11.8 Å². The summed E-state index contributed by atoms with van der Waals surface area (Å²) < 4.78 is 5.76. The van der Waals surface area contributed by atoms with E-state index >= 15 is 0 Å². The minimum Gasteiger partial charge on any atom is -0.481 e. The highest BCUT2D eigenvalue weighted by Gasteiger charge is 2.56. The van der Waals surface area contributed by atoms with Gasteiger partial charge in [0.05, 0.1) is 11.8 Å². The summed E-state index contributed by atoms with van der Waals surface area (Å²) in [4.78, 5) is 36.8. The lowest BCUT2D eigenvalue weighted by atomic mass is 9.55. The van der Waals surface area contributed by atoms with Crippen LogP contribution in [0, 0.1) is 17.8 Å². The quantitative estimate of drug-likeness (QED) is 0.422. The molecule has 34 heavy (non-hydrogen) atoms. The second-order valence-corrected chi connectivity index (χ2v) is 9.05. The molecule has 1 fully saturated rings. The molecule has 1 aliphatic heterocycles. The van der Waals surface area contributed by atoms with Gasteiger partial charge in [0.25, 0.3) is 0 Å². The van der Waals surface area contributed by atoms with Crippen LogP contribution in [-0.2, 0) is 20.8 Å². The lowest BCUT2D eigenvalue weighted by molar-refractivity contribution is -0.162. The highest BCUT2D eigenvalue weighted by molar-refractivity contribution is 5.95. The van der Waals surface area contributed by atoms with Crippen LogP contribution in [-0.4, -0.2) is 23.0 Å². The molecular weight excluding hydrogens is 430 g/mol. The maximum Gasteiger partial charge on any atom is 0.315 e. The third-order valence-electron chi connectivity index (χ3n) is 7.04. The van der Waals surface area contributed by atoms with Crippen molar-refractivity contribution in [2.24, 2.45) is 17.8 Å². The summed E-state index contributed by atoms with van der Waals surface area (Å²) in [7, 11) is 0. The molecule has 1 saturated carbocycles. The number of carboxylic acids is 1. The Morgan fingerprint density at radius 1 is 0.912 bits per heavy atom. The van der Waals surface area contributed by atoms with Crippen LogP contribution in [0.25, 0.3) is 11.1 Å². The van der Waals surface area contributed by atoms with Gasteiger partial charge in [-0.2, -0.15) is 0 Å². The standard InChI is InChI=1S/C28H25NO5/c1-16-24(27(31)32)26(18-6-3-2-4-7-18)25(16)28(33)34-21-9-5-8-19(14-21)20-11-10-17-12-13-23(30)29-22(17)15-20/h2-11,14-16,24-26H,12-13H2,1H3,(H,29,30)(H,31,32)/t16-,24?,25+,26-/m0/s1. The summed E-state index contributed by atoms with van der Waals surface area (Å²) in [6.45, 7) is 1.79. The van der Waals surface area contributed by atoms with Gasteiger partial charge in [-0.15, -0.1) is 0 Å². The van der Waals surface area contributed by atoms with Gasteiger partial charge in [-0.25, -0.2) is 0 Å². The number of amides is 1. The summed E-state index contributed by atoms with van der Waals surface area (Å²) in [5, 5.41) is 12.6. The number of carbonyl (C=O) groups is 3. The Balaban J connectivity index is 1.37. The van der Waals surface area contributed by atoms with Crippen molar-refractivity contribution in [1.82, 2.24) is 0 Å². The highest BCUT2D eigenvalue weighted by atomic mass is 16.5. The molecule has 1 heterocycles. The van der Waals surface area contributed by atoms with Gasteiger partial charge >= 0.3 is 11.9 Å². The van der Waals surface area contributed by atoms with Crippen LogP contribution in [0.5, 0.6) is 5.75 Å². The molecule has 3 aromatic carbocycles. The predicted octanol–water partition coefficient (Wildman–Crippen LogP) is 4.89. The van der Waals surface area contributed by atoms with Crippen LogP contribution in [0.1, 0.15) is 30.4 Å². The van der Waals surface area contributed by atoms with Crippen molar-refractivity contribution in [3.05, 3.63) is 83.9 Å². The zero-order chi connectivity index (χ0) is 23.8. The average molecular weight is 456 g/mol. The maximum atomic E-state index is 13.2. The minimum atomic E-state index is -0.896. The Morgan fingerprint density at radius 2 is 1.68 bits per heavy atom. The van der Waals surface area contributed by atoms with Gasteiger partial charge in [-0.1, -0.05) is 61.5 Å². The van der Waals surface area contributed by atoms with E-state index in [2.05, 4.69) is 5.32 Å². The molecule has 1 aliphatic carbocycles. The molecule has 0 radical (unpaired) electrons. The van der Waals surface area contributed by atoms with Crippen LogP contribution < -0.4 is 10.1 Å². The van der Waals surface area contributed by atoms with Crippen molar-refractivity contribution in [3.63, 3.8) is 0 Å². The summed E-state index contributed by atoms with van der Waals surface area (Å²) in [6, 6.07) is 22.5. The van der Waals surface area contributed by atoms with Gasteiger partial charge < -0.3 is 15.2 Å². The number of aliphatic carboxylic acids is 1. The smallest absolute Gasteiger partial charge is 0.315 e. The van der Waals surface area contributed by atoms with Gasteiger partial charge in [0.15, 0.2) is 0 Å². The molecule has 6 heteroatoms. The summed E-state index contributed by atoms with van der Waals surface area (Å²) in [5.41, 5.74) is 4.51. The first-order chi connectivity index (χ1) is 16.4. The number of carboxylic acid groups (broad SMARTS) is 1. The second kappa shape index (κ2) is 8.78. The number of benzene rings is 3. The largest absolute Gasteiger partial charge is 0.481 e. The van der Waals surface area contributed by atoms with Crippen LogP contribution in [0.15, 0.2) is 72.8 Å². The molecule has 6 nitrogen and oxygen atoms in total. The molecule has 2 aliphatic rings. The van der Waals surface area contributed by atoms with E-state index in [1.807, 2.05) is 60.7 Å². The van der Waals surface area contributed by atoms with Crippen LogP contribution in [0.2, 0.25) is 0 Å². The Morgan fingerprint density at radius 3 is 2.44 bits per heavy atom.